The second-order valence-corrected chi connectivity index (χ2v) is 6.08. The van der Waals surface area contributed by atoms with Crippen LogP contribution in [0.4, 0.5) is 4.79 Å². The number of alkyl carbamates (subject to hydrolysis) is 1. The molecule has 1 aromatic rings. The maximum atomic E-state index is 11.9. The summed E-state index contributed by atoms with van der Waals surface area (Å²) in [6.07, 6.45) is 0.0669. The third kappa shape index (κ3) is 5.19. The van der Waals surface area contributed by atoms with Gasteiger partial charge in [0.25, 0.3) is 0 Å². The van der Waals surface area contributed by atoms with Crippen molar-refractivity contribution in [3.8, 4) is 0 Å². The number of benzene rings is 1. The van der Waals surface area contributed by atoms with Crippen molar-refractivity contribution in [3.05, 3.63) is 35.4 Å². The largest absolute Gasteiger partial charge is 0.444 e. The summed E-state index contributed by atoms with van der Waals surface area (Å²) in [6, 6.07) is 7.33. The molecular formula is C16H23NO4. The van der Waals surface area contributed by atoms with E-state index < -0.39 is 17.2 Å². The van der Waals surface area contributed by atoms with E-state index in [1.807, 2.05) is 18.2 Å². The normalized spacial score (nSPS) is 14.1. The number of nitrogens with one attached hydrogen (secondary N) is 1. The second-order valence-electron chi connectivity index (χ2n) is 6.08. The number of carbonyl (C=O) groups excluding carboxylic acids is 2. The Morgan fingerprint density at radius 1 is 1.29 bits per heavy atom. The van der Waals surface area contributed by atoms with Gasteiger partial charge in [-0.3, -0.25) is 0 Å². The predicted octanol–water partition coefficient (Wildman–Crippen LogP) is 2.77. The Bertz CT molecular complexity index is 507. The Morgan fingerprint density at radius 3 is 2.48 bits per heavy atom. The topological polar surface area (TPSA) is 64.6 Å². The zero-order valence-electron chi connectivity index (χ0n) is 13.2. The summed E-state index contributed by atoms with van der Waals surface area (Å²) < 4.78 is 10.3. The number of aldehydes is 1. The van der Waals surface area contributed by atoms with Crippen LogP contribution in [0.2, 0.25) is 0 Å². The first-order chi connectivity index (χ1) is 9.70. The van der Waals surface area contributed by atoms with Crippen molar-refractivity contribution < 1.29 is 19.1 Å². The van der Waals surface area contributed by atoms with Gasteiger partial charge in [0.05, 0.1) is 6.61 Å². The first-order valence-electron chi connectivity index (χ1n) is 6.76. The van der Waals surface area contributed by atoms with Gasteiger partial charge < -0.3 is 19.6 Å². The lowest BCUT2D eigenvalue weighted by Crippen LogP contribution is -2.47. The van der Waals surface area contributed by atoms with Crippen LogP contribution in [0.25, 0.3) is 0 Å². The van der Waals surface area contributed by atoms with Crippen LogP contribution >= 0.6 is 0 Å². The molecule has 1 rings (SSSR count). The fourth-order valence-electron chi connectivity index (χ4n) is 1.84. The van der Waals surface area contributed by atoms with E-state index in [0.717, 1.165) is 5.56 Å². The molecule has 1 amide bonds. The van der Waals surface area contributed by atoms with E-state index >= 15 is 0 Å². The third-order valence-electron chi connectivity index (χ3n) is 2.83. The van der Waals surface area contributed by atoms with E-state index in [1.165, 1.54) is 0 Å². The number of ether oxygens (including phenoxy) is 2. The van der Waals surface area contributed by atoms with Crippen LogP contribution < -0.4 is 5.32 Å². The molecule has 0 fully saturated rings. The Hall–Kier alpha value is -1.88. The highest BCUT2D eigenvalue weighted by molar-refractivity contribution is 5.78. The third-order valence-corrected chi connectivity index (χ3v) is 2.83. The molecule has 5 nitrogen and oxygen atoms in total. The average Bonchev–Trinajstić information content (AvgIpc) is 2.37. The minimum atomic E-state index is -1.15. The van der Waals surface area contributed by atoms with Gasteiger partial charge in [-0.05, 0) is 38.8 Å². The Morgan fingerprint density at radius 2 is 1.95 bits per heavy atom. The van der Waals surface area contributed by atoms with Crippen LogP contribution in [0, 0.1) is 0 Å². The number of rotatable bonds is 5. The van der Waals surface area contributed by atoms with E-state index in [1.54, 1.807) is 40.9 Å². The molecule has 5 heteroatoms. The second kappa shape index (κ2) is 6.72. The van der Waals surface area contributed by atoms with Gasteiger partial charge in [-0.25, -0.2) is 4.79 Å². The van der Waals surface area contributed by atoms with Crippen molar-refractivity contribution in [2.24, 2.45) is 0 Å². The maximum Gasteiger partial charge on any atom is 0.408 e. The lowest BCUT2D eigenvalue weighted by Gasteiger charge is -2.28. The van der Waals surface area contributed by atoms with E-state index in [9.17, 15) is 9.59 Å². The van der Waals surface area contributed by atoms with Crippen molar-refractivity contribution in [3.63, 3.8) is 0 Å². The molecular weight excluding hydrogens is 270 g/mol. The first kappa shape index (κ1) is 17.2. The van der Waals surface area contributed by atoms with Crippen LogP contribution in [0.3, 0.4) is 0 Å². The van der Waals surface area contributed by atoms with Crippen molar-refractivity contribution in [1.29, 1.82) is 0 Å². The van der Waals surface area contributed by atoms with Crippen molar-refractivity contribution >= 4 is 12.4 Å². The molecule has 0 radical (unpaired) electrons. The molecule has 0 heterocycles. The zero-order chi connectivity index (χ0) is 16.1. The van der Waals surface area contributed by atoms with Crippen LogP contribution in [0.1, 0.15) is 38.8 Å². The number of hydrogen-bond donors (Lipinski definition) is 1. The summed E-state index contributed by atoms with van der Waals surface area (Å²) in [5.41, 5.74) is -0.162. The van der Waals surface area contributed by atoms with Crippen LogP contribution in [0.15, 0.2) is 24.3 Å². The van der Waals surface area contributed by atoms with Crippen LogP contribution in [0.5, 0.6) is 0 Å². The van der Waals surface area contributed by atoms with Gasteiger partial charge in [0.1, 0.15) is 17.4 Å². The Balaban J connectivity index is 2.96. The Labute approximate surface area is 125 Å². The standard InChI is InChI=1S/C16H23NO4/c1-15(2,3)21-14(19)17-16(4,11-18)13-8-6-7-12(9-13)10-20-5/h6-9,11H,10H2,1-5H3,(H,17,19). The van der Waals surface area contributed by atoms with Gasteiger partial charge in [0.2, 0.25) is 0 Å². The summed E-state index contributed by atoms with van der Waals surface area (Å²) in [7, 11) is 1.60. The lowest BCUT2D eigenvalue weighted by atomic mass is 9.92. The summed E-state index contributed by atoms with van der Waals surface area (Å²) in [4.78, 5) is 23.4. The van der Waals surface area contributed by atoms with E-state index in [-0.39, 0.29) is 0 Å². The summed E-state index contributed by atoms with van der Waals surface area (Å²) in [6.45, 7) is 7.38. The molecule has 1 unspecified atom stereocenters. The molecule has 0 spiro atoms. The van der Waals surface area contributed by atoms with Crippen molar-refractivity contribution in [2.75, 3.05) is 7.11 Å². The van der Waals surface area contributed by atoms with Crippen molar-refractivity contribution in [2.45, 2.75) is 45.4 Å². The van der Waals surface area contributed by atoms with Gasteiger partial charge in [-0.2, -0.15) is 0 Å². The number of hydrogen-bond acceptors (Lipinski definition) is 4. The van der Waals surface area contributed by atoms with E-state index in [2.05, 4.69) is 5.32 Å². The SMILES string of the molecule is COCc1cccc(C(C)(C=O)NC(=O)OC(C)(C)C)c1. The van der Waals surface area contributed by atoms with E-state index in [4.69, 9.17) is 9.47 Å². The molecule has 1 N–H and O–H groups in total. The highest BCUT2D eigenvalue weighted by atomic mass is 16.6. The lowest BCUT2D eigenvalue weighted by molar-refractivity contribution is -0.113. The number of carbonyl (C=O) groups is 2. The van der Waals surface area contributed by atoms with E-state index in [0.29, 0.717) is 18.5 Å². The predicted molar refractivity (Wildman–Crippen MR) is 79.9 cm³/mol. The van der Waals surface area contributed by atoms with Crippen LogP contribution in [-0.2, 0) is 26.4 Å². The van der Waals surface area contributed by atoms with Gasteiger partial charge in [-0.15, -0.1) is 0 Å². The molecule has 0 bridgehead atoms. The smallest absolute Gasteiger partial charge is 0.408 e. The number of methoxy groups -OCH3 is 1. The monoisotopic (exact) mass is 293 g/mol. The zero-order valence-corrected chi connectivity index (χ0v) is 13.2. The highest BCUT2D eigenvalue weighted by Crippen LogP contribution is 2.21. The molecule has 0 aliphatic rings. The minimum Gasteiger partial charge on any atom is -0.444 e. The van der Waals surface area contributed by atoms with Gasteiger partial charge in [0, 0.05) is 7.11 Å². The summed E-state index contributed by atoms with van der Waals surface area (Å²) in [5, 5.41) is 2.62. The molecule has 116 valence electrons. The molecule has 0 saturated heterocycles. The van der Waals surface area contributed by atoms with Gasteiger partial charge in [-0.1, -0.05) is 24.3 Å². The molecule has 0 aliphatic heterocycles. The highest BCUT2D eigenvalue weighted by Gasteiger charge is 2.30. The Kier molecular flexibility index (Phi) is 5.49. The van der Waals surface area contributed by atoms with Gasteiger partial charge in [0.15, 0.2) is 0 Å². The van der Waals surface area contributed by atoms with Crippen LogP contribution in [-0.4, -0.2) is 25.1 Å². The molecule has 21 heavy (non-hydrogen) atoms. The average molecular weight is 293 g/mol. The molecule has 1 atom stereocenters. The summed E-state index contributed by atoms with van der Waals surface area (Å²) in [5.74, 6) is 0. The number of amides is 1. The fourth-order valence-corrected chi connectivity index (χ4v) is 1.84. The molecule has 1 aromatic carbocycles. The maximum absolute atomic E-state index is 11.9. The van der Waals surface area contributed by atoms with Crippen molar-refractivity contribution in [1.82, 2.24) is 5.32 Å². The fraction of sp³-hybridized carbons (Fsp3) is 0.500. The molecule has 0 aliphatic carbocycles. The summed E-state index contributed by atoms with van der Waals surface area (Å²) >= 11 is 0. The quantitative estimate of drug-likeness (QED) is 0.848. The first-order valence-corrected chi connectivity index (χ1v) is 6.76. The molecule has 0 saturated carbocycles. The molecule has 0 aromatic heterocycles. The van der Waals surface area contributed by atoms with Gasteiger partial charge >= 0.3 is 6.09 Å². The minimum absolute atomic E-state index is 0.440.